The molecule has 3 heteroatoms. The van der Waals surface area contributed by atoms with E-state index in [1.165, 1.54) is 57.8 Å². The van der Waals surface area contributed by atoms with E-state index in [-0.39, 0.29) is 0 Å². The molecule has 2 atom stereocenters. The zero-order valence-electron chi connectivity index (χ0n) is 11.3. The van der Waals surface area contributed by atoms with E-state index >= 15 is 0 Å². The third-order valence-corrected chi connectivity index (χ3v) is 5.35. The van der Waals surface area contributed by atoms with Crippen molar-refractivity contribution < 1.29 is 4.79 Å². The summed E-state index contributed by atoms with van der Waals surface area (Å²) in [6, 6.07) is 0. The summed E-state index contributed by atoms with van der Waals surface area (Å²) in [5.41, 5.74) is 0. The number of carbonyl (C=O) groups excluding carboxylic acids is 1. The van der Waals surface area contributed by atoms with Crippen LogP contribution in [0.25, 0.3) is 0 Å². The van der Waals surface area contributed by atoms with Gasteiger partial charge in [0.25, 0.3) is 0 Å². The van der Waals surface area contributed by atoms with Crippen molar-refractivity contribution in [3.05, 3.63) is 0 Å². The summed E-state index contributed by atoms with van der Waals surface area (Å²) >= 11 is 3.66. The molecule has 0 saturated heterocycles. The van der Waals surface area contributed by atoms with Crippen molar-refractivity contribution in [3.63, 3.8) is 0 Å². The minimum Gasteiger partial charge on any atom is -0.356 e. The van der Waals surface area contributed by atoms with Crippen LogP contribution < -0.4 is 5.32 Å². The molecule has 0 aromatic heterocycles. The summed E-state index contributed by atoms with van der Waals surface area (Å²) in [5, 5.41) is 3.15. The van der Waals surface area contributed by atoms with Crippen molar-refractivity contribution >= 4 is 21.8 Å². The molecule has 0 aliphatic heterocycles. The number of nitrogens with one attached hydrogen (secondary N) is 1. The molecule has 2 aliphatic carbocycles. The minimum atomic E-state index is 0.292. The second-order valence-electron chi connectivity index (χ2n) is 6.14. The van der Waals surface area contributed by atoms with Gasteiger partial charge in [-0.15, -0.1) is 0 Å². The van der Waals surface area contributed by atoms with Gasteiger partial charge < -0.3 is 5.32 Å². The second-order valence-corrected chi connectivity index (χ2v) is 7.44. The van der Waals surface area contributed by atoms with Gasteiger partial charge in [-0.3, -0.25) is 4.79 Å². The molecule has 2 saturated carbocycles. The lowest BCUT2D eigenvalue weighted by Gasteiger charge is -2.15. The molecule has 1 N–H and O–H groups in total. The van der Waals surface area contributed by atoms with Gasteiger partial charge in [0.15, 0.2) is 0 Å². The summed E-state index contributed by atoms with van der Waals surface area (Å²) in [6.07, 6.45) is 12.4. The summed E-state index contributed by atoms with van der Waals surface area (Å²) < 4.78 is 0. The molecule has 0 radical (unpaired) electrons. The molecule has 0 aromatic carbocycles. The Morgan fingerprint density at radius 3 is 2.33 bits per heavy atom. The maximum absolute atomic E-state index is 11.9. The average Bonchev–Trinajstić information content (AvgIpc) is 2.60. The first-order valence-corrected chi connectivity index (χ1v) is 8.56. The lowest BCUT2D eigenvalue weighted by molar-refractivity contribution is -0.122. The molecule has 2 rings (SSSR count). The number of carbonyl (C=O) groups is 1. The van der Waals surface area contributed by atoms with Crippen LogP contribution >= 0.6 is 15.9 Å². The molecule has 104 valence electrons. The molecule has 0 bridgehead atoms. The number of hydrogen-bond donors (Lipinski definition) is 1. The number of hydrogen-bond acceptors (Lipinski definition) is 1. The Kier molecular flexibility index (Phi) is 6.00. The second kappa shape index (κ2) is 7.52. The SMILES string of the molecule is O=C(CC1CCCCCC1)NCC1CCC(Br)C1. The highest BCUT2D eigenvalue weighted by molar-refractivity contribution is 9.09. The van der Waals surface area contributed by atoms with Crippen LogP contribution in [0.5, 0.6) is 0 Å². The number of amides is 1. The Bertz CT molecular complexity index is 261. The minimum absolute atomic E-state index is 0.292. The van der Waals surface area contributed by atoms with Gasteiger partial charge in [0.2, 0.25) is 5.91 Å². The van der Waals surface area contributed by atoms with Gasteiger partial charge in [0.05, 0.1) is 0 Å². The van der Waals surface area contributed by atoms with Crippen molar-refractivity contribution in [2.45, 2.75) is 69.0 Å². The van der Waals surface area contributed by atoms with Crippen LogP contribution in [0.4, 0.5) is 0 Å². The Morgan fingerprint density at radius 1 is 1.00 bits per heavy atom. The van der Waals surface area contributed by atoms with Gasteiger partial charge in [0.1, 0.15) is 0 Å². The topological polar surface area (TPSA) is 29.1 Å². The van der Waals surface area contributed by atoms with E-state index < -0.39 is 0 Å². The van der Waals surface area contributed by atoms with Crippen molar-refractivity contribution in [2.75, 3.05) is 6.54 Å². The van der Waals surface area contributed by atoms with E-state index in [9.17, 15) is 4.79 Å². The third-order valence-electron chi connectivity index (χ3n) is 4.51. The molecule has 2 nitrogen and oxygen atoms in total. The van der Waals surface area contributed by atoms with Crippen LogP contribution in [0.3, 0.4) is 0 Å². The Labute approximate surface area is 119 Å². The quantitative estimate of drug-likeness (QED) is 0.616. The highest BCUT2D eigenvalue weighted by Crippen LogP contribution is 2.30. The average molecular weight is 316 g/mol. The van der Waals surface area contributed by atoms with Crippen molar-refractivity contribution in [2.24, 2.45) is 11.8 Å². The molecule has 2 fully saturated rings. The van der Waals surface area contributed by atoms with Gasteiger partial charge in [-0.25, -0.2) is 0 Å². The van der Waals surface area contributed by atoms with Gasteiger partial charge >= 0.3 is 0 Å². The fourth-order valence-electron chi connectivity index (χ4n) is 3.36. The van der Waals surface area contributed by atoms with E-state index in [0.717, 1.165) is 13.0 Å². The zero-order chi connectivity index (χ0) is 12.8. The van der Waals surface area contributed by atoms with Gasteiger partial charge in [-0.1, -0.05) is 41.6 Å². The van der Waals surface area contributed by atoms with Crippen LogP contribution in [-0.4, -0.2) is 17.3 Å². The molecule has 18 heavy (non-hydrogen) atoms. The fraction of sp³-hybridized carbons (Fsp3) is 0.933. The normalized spacial score (nSPS) is 30.1. The summed E-state index contributed by atoms with van der Waals surface area (Å²) in [5.74, 6) is 1.65. The molecule has 0 spiro atoms. The lowest BCUT2D eigenvalue weighted by atomic mass is 9.96. The van der Waals surface area contributed by atoms with Crippen LogP contribution in [0.2, 0.25) is 0 Å². The van der Waals surface area contributed by atoms with Gasteiger partial charge in [-0.2, -0.15) is 0 Å². The molecule has 0 heterocycles. The van der Waals surface area contributed by atoms with Crippen molar-refractivity contribution in [1.82, 2.24) is 5.32 Å². The number of halogens is 1. The predicted molar refractivity (Wildman–Crippen MR) is 78.9 cm³/mol. The summed E-state index contributed by atoms with van der Waals surface area (Å²) in [4.78, 5) is 12.6. The van der Waals surface area contributed by atoms with E-state index in [1.54, 1.807) is 0 Å². The zero-order valence-corrected chi connectivity index (χ0v) is 12.9. The molecule has 1 amide bonds. The van der Waals surface area contributed by atoms with Crippen molar-refractivity contribution in [1.29, 1.82) is 0 Å². The molecule has 2 unspecified atom stereocenters. The van der Waals surface area contributed by atoms with Crippen molar-refractivity contribution in [3.8, 4) is 0 Å². The first-order chi connectivity index (χ1) is 8.74. The highest BCUT2D eigenvalue weighted by Gasteiger charge is 2.23. The predicted octanol–water partition coefficient (Wildman–Crippen LogP) is 4.03. The number of alkyl halides is 1. The lowest BCUT2D eigenvalue weighted by Crippen LogP contribution is -2.30. The highest BCUT2D eigenvalue weighted by atomic mass is 79.9. The number of rotatable bonds is 4. The standard InChI is InChI=1S/C15H26BrNO/c16-14-8-7-13(9-14)11-17-15(18)10-12-5-3-1-2-4-6-12/h12-14H,1-11H2,(H,17,18). The third kappa shape index (κ3) is 4.91. The van der Waals surface area contributed by atoms with Crippen LogP contribution in [0.1, 0.15) is 64.2 Å². The van der Waals surface area contributed by atoms with Gasteiger partial charge in [-0.05, 0) is 43.9 Å². The van der Waals surface area contributed by atoms with E-state index in [4.69, 9.17) is 0 Å². The Balaban J connectivity index is 1.62. The maximum atomic E-state index is 11.9. The smallest absolute Gasteiger partial charge is 0.220 e. The first kappa shape index (κ1) is 14.4. The maximum Gasteiger partial charge on any atom is 0.220 e. The van der Waals surface area contributed by atoms with E-state index in [1.807, 2.05) is 0 Å². The summed E-state index contributed by atoms with van der Waals surface area (Å²) in [7, 11) is 0. The fourth-order valence-corrected chi connectivity index (χ4v) is 4.15. The molecular weight excluding hydrogens is 290 g/mol. The molecule has 0 aromatic rings. The Morgan fingerprint density at radius 2 is 1.72 bits per heavy atom. The van der Waals surface area contributed by atoms with Crippen LogP contribution in [0, 0.1) is 11.8 Å². The van der Waals surface area contributed by atoms with Crippen LogP contribution in [0.15, 0.2) is 0 Å². The molecule has 2 aliphatic rings. The monoisotopic (exact) mass is 315 g/mol. The van der Waals surface area contributed by atoms with Crippen LogP contribution in [-0.2, 0) is 4.79 Å². The molecular formula is C15H26BrNO. The first-order valence-electron chi connectivity index (χ1n) is 7.65. The van der Waals surface area contributed by atoms with E-state index in [0.29, 0.717) is 22.6 Å². The Hall–Kier alpha value is -0.0500. The summed E-state index contributed by atoms with van der Waals surface area (Å²) in [6.45, 7) is 0.896. The largest absolute Gasteiger partial charge is 0.356 e. The van der Waals surface area contributed by atoms with Gasteiger partial charge in [0, 0.05) is 17.8 Å². The van der Waals surface area contributed by atoms with E-state index in [2.05, 4.69) is 21.2 Å².